The fourth-order valence-electron chi connectivity index (χ4n) is 3.42. The van der Waals surface area contributed by atoms with Crippen molar-refractivity contribution in [2.45, 2.75) is 38.4 Å². The summed E-state index contributed by atoms with van der Waals surface area (Å²) in [5, 5.41) is 5.99. The third kappa shape index (κ3) is 4.48. The molecule has 7 heteroatoms. The van der Waals surface area contributed by atoms with Gasteiger partial charge in [0.05, 0.1) is 17.5 Å². The van der Waals surface area contributed by atoms with Crippen LogP contribution in [-0.4, -0.2) is 40.1 Å². The first-order valence-corrected chi connectivity index (χ1v) is 10.4. The van der Waals surface area contributed by atoms with Gasteiger partial charge < -0.3 is 14.2 Å². The van der Waals surface area contributed by atoms with Crippen LogP contribution in [0.1, 0.15) is 37.3 Å². The van der Waals surface area contributed by atoms with E-state index in [9.17, 15) is 4.79 Å². The van der Waals surface area contributed by atoms with E-state index in [-0.39, 0.29) is 18.1 Å². The van der Waals surface area contributed by atoms with Gasteiger partial charge >= 0.3 is 0 Å². The molecule has 1 fully saturated rings. The Bertz CT molecular complexity index is 895. The SMILES string of the molecule is CC1CN(C(=O)CCCc2nc(-c3cccs3)no2)CC(c2ccccc2)O1. The number of aromatic nitrogens is 2. The highest BCUT2D eigenvalue weighted by atomic mass is 32.1. The third-order valence-corrected chi connectivity index (χ3v) is 5.64. The number of carbonyl (C=O) groups excluding carboxylic acids is 1. The van der Waals surface area contributed by atoms with Crippen LogP contribution in [0.25, 0.3) is 10.7 Å². The number of hydrogen-bond acceptors (Lipinski definition) is 6. The Balaban J connectivity index is 1.30. The highest BCUT2D eigenvalue weighted by Gasteiger charge is 2.29. The third-order valence-electron chi connectivity index (χ3n) is 4.78. The molecule has 1 aromatic carbocycles. The van der Waals surface area contributed by atoms with Crippen LogP contribution in [0.3, 0.4) is 0 Å². The summed E-state index contributed by atoms with van der Waals surface area (Å²) in [6, 6.07) is 14.0. The maximum Gasteiger partial charge on any atom is 0.226 e. The lowest BCUT2D eigenvalue weighted by Crippen LogP contribution is -2.45. The lowest BCUT2D eigenvalue weighted by molar-refractivity contribution is -0.145. The van der Waals surface area contributed by atoms with Crippen molar-refractivity contribution in [3.8, 4) is 10.7 Å². The lowest BCUT2D eigenvalue weighted by Gasteiger charge is -2.37. The van der Waals surface area contributed by atoms with Crippen molar-refractivity contribution in [2.75, 3.05) is 13.1 Å². The van der Waals surface area contributed by atoms with Crippen LogP contribution >= 0.6 is 11.3 Å². The Labute approximate surface area is 168 Å². The monoisotopic (exact) mass is 397 g/mol. The minimum absolute atomic E-state index is 0.0206. The van der Waals surface area contributed by atoms with Crippen LogP contribution in [0.15, 0.2) is 52.4 Å². The average Bonchev–Trinajstić information content (AvgIpc) is 3.40. The largest absolute Gasteiger partial charge is 0.367 e. The van der Waals surface area contributed by atoms with Crippen molar-refractivity contribution in [3.63, 3.8) is 0 Å². The van der Waals surface area contributed by atoms with Crippen LogP contribution in [0.5, 0.6) is 0 Å². The topological polar surface area (TPSA) is 68.5 Å². The molecule has 0 aliphatic carbocycles. The smallest absolute Gasteiger partial charge is 0.226 e. The van der Waals surface area contributed by atoms with Gasteiger partial charge in [0.15, 0.2) is 0 Å². The minimum atomic E-state index is -0.0711. The van der Waals surface area contributed by atoms with Gasteiger partial charge in [-0.25, -0.2) is 0 Å². The maximum absolute atomic E-state index is 12.7. The number of amides is 1. The van der Waals surface area contributed by atoms with Crippen molar-refractivity contribution >= 4 is 17.2 Å². The van der Waals surface area contributed by atoms with E-state index in [0.29, 0.717) is 44.1 Å². The van der Waals surface area contributed by atoms with Gasteiger partial charge in [-0.05, 0) is 30.4 Å². The molecule has 2 aromatic heterocycles. The second-order valence-corrected chi connectivity index (χ2v) is 7.94. The molecule has 4 rings (SSSR count). The predicted octanol–water partition coefficient (Wildman–Crippen LogP) is 4.11. The number of nitrogens with zero attached hydrogens (tertiary/aromatic N) is 3. The first-order chi connectivity index (χ1) is 13.7. The molecule has 6 nitrogen and oxygen atoms in total. The molecule has 0 saturated carbocycles. The zero-order valence-electron chi connectivity index (χ0n) is 15.8. The van der Waals surface area contributed by atoms with Gasteiger partial charge in [-0.2, -0.15) is 4.98 Å². The standard InChI is InChI=1S/C21H23N3O3S/c1-15-13-24(14-17(26-15)16-7-3-2-4-8-16)20(25)11-5-10-19-22-21(23-27-19)18-9-6-12-28-18/h2-4,6-9,12,15,17H,5,10-11,13-14H2,1H3. The molecule has 0 N–H and O–H groups in total. The summed E-state index contributed by atoms with van der Waals surface area (Å²) in [7, 11) is 0. The number of rotatable bonds is 6. The Morgan fingerprint density at radius 3 is 2.86 bits per heavy atom. The zero-order chi connectivity index (χ0) is 19.3. The van der Waals surface area contributed by atoms with Crippen molar-refractivity contribution < 1.29 is 14.1 Å². The predicted molar refractivity (Wildman–Crippen MR) is 107 cm³/mol. The molecule has 0 spiro atoms. The molecule has 2 atom stereocenters. The van der Waals surface area contributed by atoms with Crippen LogP contribution in [0, 0.1) is 0 Å². The molecule has 1 aliphatic heterocycles. The summed E-state index contributed by atoms with van der Waals surface area (Å²) in [5.74, 6) is 1.34. The number of thiophene rings is 1. The van der Waals surface area contributed by atoms with E-state index in [4.69, 9.17) is 9.26 Å². The molecule has 146 valence electrons. The van der Waals surface area contributed by atoms with Crippen molar-refractivity contribution in [1.82, 2.24) is 15.0 Å². The normalized spacial score (nSPS) is 19.7. The van der Waals surface area contributed by atoms with Gasteiger partial charge in [0.25, 0.3) is 0 Å². The number of ether oxygens (including phenoxy) is 1. The van der Waals surface area contributed by atoms with Gasteiger partial charge in [0.2, 0.25) is 17.6 Å². The fourth-order valence-corrected chi connectivity index (χ4v) is 4.07. The van der Waals surface area contributed by atoms with Gasteiger partial charge in [0, 0.05) is 19.4 Å². The average molecular weight is 398 g/mol. The summed E-state index contributed by atoms with van der Waals surface area (Å²) >= 11 is 1.58. The second-order valence-electron chi connectivity index (χ2n) is 6.99. The van der Waals surface area contributed by atoms with Crippen molar-refractivity contribution in [1.29, 1.82) is 0 Å². The van der Waals surface area contributed by atoms with Gasteiger partial charge in [0.1, 0.15) is 6.10 Å². The van der Waals surface area contributed by atoms with Crippen LogP contribution in [0.2, 0.25) is 0 Å². The number of carbonyl (C=O) groups is 1. The molecular weight excluding hydrogens is 374 g/mol. The molecular formula is C21H23N3O3S. The fraction of sp³-hybridized carbons (Fsp3) is 0.381. The molecule has 1 saturated heterocycles. The molecule has 3 aromatic rings. The maximum atomic E-state index is 12.7. The summed E-state index contributed by atoms with van der Waals surface area (Å²) < 4.78 is 11.3. The second kappa shape index (κ2) is 8.67. The first-order valence-electron chi connectivity index (χ1n) is 9.53. The number of benzene rings is 1. The number of hydrogen-bond donors (Lipinski definition) is 0. The van der Waals surface area contributed by atoms with Gasteiger partial charge in [-0.15, -0.1) is 11.3 Å². The highest BCUT2D eigenvalue weighted by molar-refractivity contribution is 7.13. The van der Waals surface area contributed by atoms with E-state index in [1.165, 1.54) is 0 Å². The summed E-state index contributed by atoms with van der Waals surface area (Å²) in [5.41, 5.74) is 1.11. The van der Waals surface area contributed by atoms with Crippen LogP contribution in [-0.2, 0) is 16.0 Å². The molecule has 3 heterocycles. The van der Waals surface area contributed by atoms with E-state index in [1.54, 1.807) is 11.3 Å². The number of morpholine rings is 1. The van der Waals surface area contributed by atoms with E-state index >= 15 is 0 Å². The Morgan fingerprint density at radius 2 is 2.07 bits per heavy atom. The molecule has 1 aliphatic rings. The quantitative estimate of drug-likeness (QED) is 0.626. The van der Waals surface area contributed by atoms with Crippen LogP contribution in [0.4, 0.5) is 0 Å². The van der Waals surface area contributed by atoms with E-state index in [0.717, 1.165) is 10.4 Å². The van der Waals surface area contributed by atoms with Crippen molar-refractivity contribution in [3.05, 3.63) is 59.3 Å². The summed E-state index contributed by atoms with van der Waals surface area (Å²) in [6.07, 6.45) is 1.70. The van der Waals surface area contributed by atoms with Crippen molar-refractivity contribution in [2.24, 2.45) is 0 Å². The first kappa shape index (κ1) is 18.8. The molecule has 28 heavy (non-hydrogen) atoms. The van der Waals surface area contributed by atoms with Gasteiger partial charge in [-0.1, -0.05) is 41.6 Å². The Kier molecular flexibility index (Phi) is 5.83. The highest BCUT2D eigenvalue weighted by Crippen LogP contribution is 2.26. The zero-order valence-corrected chi connectivity index (χ0v) is 16.6. The Morgan fingerprint density at radius 1 is 1.21 bits per heavy atom. The molecule has 0 radical (unpaired) electrons. The summed E-state index contributed by atoms with van der Waals surface area (Å²) in [4.78, 5) is 20.0. The van der Waals surface area contributed by atoms with Crippen LogP contribution < -0.4 is 0 Å². The van der Waals surface area contributed by atoms with E-state index in [2.05, 4.69) is 10.1 Å². The van der Waals surface area contributed by atoms with E-state index in [1.807, 2.05) is 59.7 Å². The minimum Gasteiger partial charge on any atom is -0.367 e. The van der Waals surface area contributed by atoms with Gasteiger partial charge in [-0.3, -0.25) is 4.79 Å². The summed E-state index contributed by atoms with van der Waals surface area (Å²) in [6.45, 7) is 3.24. The Hall–Kier alpha value is -2.51. The molecule has 0 bridgehead atoms. The number of aryl methyl sites for hydroxylation is 1. The van der Waals surface area contributed by atoms with E-state index < -0.39 is 0 Å². The molecule has 1 amide bonds. The molecule has 2 unspecified atom stereocenters. The lowest BCUT2D eigenvalue weighted by atomic mass is 10.1.